The SMILES string of the molecule is CCCCCCCCCCCCC/C=C/C(O)C(COC1OC(CO)C(OC2OC(CO)C(O)C(OC3(C(=O)O)CC(O)C(NC(C)=O)C(C(O)C(O)CO)O3)C2O)C(O)C1O)NC(=O)CCCCCCCCCCCCCCCCC/C=C\CCCCCCCCCCCCCC. The van der Waals surface area contributed by atoms with Crippen LogP contribution in [0, 0.1) is 0 Å². The molecular weight excluding hydrogens is 1260 g/mol. The van der Waals surface area contributed by atoms with Gasteiger partial charge in [0.25, 0.3) is 5.79 Å². The Kier molecular flexibility index (Phi) is 50.0. The maximum Gasteiger partial charge on any atom is 0.364 e. The van der Waals surface area contributed by atoms with E-state index in [1.54, 1.807) is 6.08 Å². The Morgan fingerprint density at radius 1 is 0.531 bits per heavy atom. The Bertz CT molecular complexity index is 2060. The average molecular weight is 1400 g/mol. The Balaban J connectivity index is 1.47. The molecule has 3 heterocycles. The molecule has 0 aliphatic carbocycles. The highest BCUT2D eigenvalue weighted by Crippen LogP contribution is 2.39. The zero-order valence-electron chi connectivity index (χ0n) is 60.4. The molecule has 18 atom stereocenters. The number of hydrogen-bond acceptors (Lipinski definition) is 20. The summed E-state index contributed by atoms with van der Waals surface area (Å²) in [5.74, 6) is -6.14. The Hall–Kier alpha value is -2.79. The van der Waals surface area contributed by atoms with Crippen molar-refractivity contribution in [3.05, 3.63) is 24.3 Å². The van der Waals surface area contributed by atoms with Crippen molar-refractivity contribution in [2.45, 2.75) is 407 Å². The van der Waals surface area contributed by atoms with Gasteiger partial charge in [-0.05, 0) is 44.9 Å². The van der Waals surface area contributed by atoms with E-state index >= 15 is 0 Å². The number of aliphatic hydroxyl groups excluding tert-OH is 11. The first-order valence-corrected chi connectivity index (χ1v) is 38.7. The second kappa shape index (κ2) is 54.8. The van der Waals surface area contributed by atoms with Crippen LogP contribution in [-0.2, 0) is 42.8 Å². The van der Waals surface area contributed by atoms with Crippen LogP contribution in [0.4, 0.5) is 0 Å². The number of ether oxygens (including phenoxy) is 6. The molecule has 0 spiro atoms. The summed E-state index contributed by atoms with van der Waals surface area (Å²) in [7, 11) is 0. The molecule has 3 aliphatic rings. The zero-order valence-corrected chi connectivity index (χ0v) is 60.4. The van der Waals surface area contributed by atoms with Crippen molar-refractivity contribution in [3.8, 4) is 0 Å². The molecule has 18 unspecified atom stereocenters. The summed E-state index contributed by atoms with van der Waals surface area (Å²) >= 11 is 0. The molecule has 3 aliphatic heterocycles. The minimum Gasteiger partial charge on any atom is -0.477 e. The van der Waals surface area contributed by atoms with Gasteiger partial charge in [-0.2, -0.15) is 0 Å². The van der Waals surface area contributed by atoms with Crippen LogP contribution in [0.1, 0.15) is 297 Å². The molecule has 0 bridgehead atoms. The van der Waals surface area contributed by atoms with Crippen LogP contribution >= 0.6 is 0 Å². The lowest BCUT2D eigenvalue weighted by molar-refractivity contribution is -0.386. The molecule has 0 radical (unpaired) electrons. The summed E-state index contributed by atoms with van der Waals surface area (Å²) in [5.41, 5.74) is 0. The molecule has 23 heteroatoms. The van der Waals surface area contributed by atoms with Gasteiger partial charge in [-0.15, -0.1) is 0 Å². The number of aliphatic carboxylic acids is 1. The number of aliphatic hydroxyl groups is 11. The van der Waals surface area contributed by atoms with Gasteiger partial charge in [0.05, 0.1) is 50.7 Å². The fourth-order valence-corrected chi connectivity index (χ4v) is 13.5. The largest absolute Gasteiger partial charge is 0.477 e. The first kappa shape index (κ1) is 89.4. The highest BCUT2D eigenvalue weighted by molar-refractivity contribution is 5.77. The Morgan fingerprint density at radius 3 is 1.39 bits per heavy atom. The minimum absolute atomic E-state index is 0.202. The smallest absolute Gasteiger partial charge is 0.364 e. The number of nitrogens with one attached hydrogen (secondary N) is 2. The van der Waals surface area contributed by atoms with Gasteiger partial charge in [0.1, 0.15) is 67.1 Å². The standard InChI is InChI=1S/C75H138N2O21/c1-4-6-8-10-12-14-16-18-19-20-21-22-23-24-25-26-27-28-29-30-31-32-33-34-35-37-39-41-43-45-47-49-62(85)77-56(57(82)48-46-44-42-40-38-36-17-15-13-11-9-7-5-2)54-93-72-67(89)66(88)69(61(53-80)95-72)96-73-68(90)71(65(87)60(52-79)94-73)98-75(74(91)92)50-58(83)63(76-55(3)81)70(97-75)64(86)59(84)51-78/h24-25,46,48,56-61,63-73,78-80,82-84,86-90H,4-23,26-45,47,49-54H2,1-3H3,(H,76,81)(H,77,85)(H,91,92)/b25-24-,48-46+. The number of unbranched alkanes of at least 4 members (excludes halogenated alkanes) is 38. The van der Waals surface area contributed by atoms with E-state index in [4.69, 9.17) is 28.4 Å². The van der Waals surface area contributed by atoms with Crippen LogP contribution in [-0.4, -0.2) is 215 Å². The van der Waals surface area contributed by atoms with Crippen LogP contribution in [0.15, 0.2) is 24.3 Å². The number of rotatable bonds is 60. The summed E-state index contributed by atoms with van der Waals surface area (Å²) in [6, 6.07) is -2.62. The second-order valence-electron chi connectivity index (χ2n) is 28.2. The van der Waals surface area contributed by atoms with Crippen molar-refractivity contribution < 1.29 is 104 Å². The highest BCUT2D eigenvalue weighted by Gasteiger charge is 2.60. The van der Waals surface area contributed by atoms with Gasteiger partial charge < -0.3 is 100 Å². The van der Waals surface area contributed by atoms with Gasteiger partial charge in [-0.1, -0.05) is 256 Å². The third kappa shape index (κ3) is 35.6. The van der Waals surface area contributed by atoms with Crippen molar-refractivity contribution >= 4 is 17.8 Å². The van der Waals surface area contributed by atoms with E-state index in [0.29, 0.717) is 12.8 Å². The van der Waals surface area contributed by atoms with E-state index in [-0.39, 0.29) is 12.3 Å². The molecular formula is C75H138N2O21. The molecule has 3 fully saturated rings. The molecule has 14 N–H and O–H groups in total. The number of hydrogen-bond donors (Lipinski definition) is 14. The number of carboxylic acid groups (broad SMARTS) is 1. The third-order valence-corrected chi connectivity index (χ3v) is 19.6. The van der Waals surface area contributed by atoms with Gasteiger partial charge in [0.15, 0.2) is 12.6 Å². The van der Waals surface area contributed by atoms with Gasteiger partial charge in [-0.25, -0.2) is 4.79 Å². The molecule has 0 aromatic heterocycles. The summed E-state index contributed by atoms with van der Waals surface area (Å²) in [5, 5.41) is 136. The monoisotopic (exact) mass is 1400 g/mol. The molecule has 0 aromatic rings. The number of allylic oxidation sites excluding steroid dienone is 3. The number of carbonyl (C=O) groups is 3. The second-order valence-corrected chi connectivity index (χ2v) is 28.2. The molecule has 3 saturated heterocycles. The highest BCUT2D eigenvalue weighted by atomic mass is 16.8. The summed E-state index contributed by atoms with van der Waals surface area (Å²) < 4.78 is 34.8. The number of carboxylic acids is 1. The maximum atomic E-state index is 13.5. The quantitative estimate of drug-likeness (QED) is 0.0199. The van der Waals surface area contributed by atoms with E-state index in [2.05, 4.69) is 36.6 Å². The Labute approximate surface area is 587 Å². The maximum absolute atomic E-state index is 13.5. The summed E-state index contributed by atoms with van der Waals surface area (Å²) in [6.07, 6.45) is 29.6. The van der Waals surface area contributed by atoms with Crippen molar-refractivity contribution in [2.24, 2.45) is 0 Å². The van der Waals surface area contributed by atoms with Crippen molar-refractivity contribution in [1.29, 1.82) is 0 Å². The van der Waals surface area contributed by atoms with E-state index in [9.17, 15) is 75.7 Å². The lowest BCUT2D eigenvalue weighted by atomic mass is 9.88. The van der Waals surface area contributed by atoms with Gasteiger partial charge >= 0.3 is 5.97 Å². The van der Waals surface area contributed by atoms with Crippen molar-refractivity contribution in [2.75, 3.05) is 26.4 Å². The summed E-state index contributed by atoms with van der Waals surface area (Å²) in [4.78, 5) is 38.6. The lowest BCUT2D eigenvalue weighted by Gasteiger charge is -2.50. The van der Waals surface area contributed by atoms with Crippen LogP contribution < -0.4 is 10.6 Å². The molecule has 98 heavy (non-hydrogen) atoms. The van der Waals surface area contributed by atoms with Gasteiger partial charge in [0.2, 0.25) is 11.8 Å². The van der Waals surface area contributed by atoms with Gasteiger partial charge in [-0.3, -0.25) is 9.59 Å². The predicted octanol–water partition coefficient (Wildman–Crippen LogP) is 9.18. The number of carbonyl (C=O) groups excluding carboxylic acids is 2. The minimum atomic E-state index is -3.08. The fourth-order valence-electron chi connectivity index (χ4n) is 13.5. The van der Waals surface area contributed by atoms with E-state index in [1.807, 2.05) is 6.08 Å². The molecule has 3 rings (SSSR count). The molecule has 574 valence electrons. The number of amides is 2. The molecule has 23 nitrogen and oxygen atoms in total. The average Bonchev–Trinajstić information content (AvgIpc) is 0.756. The van der Waals surface area contributed by atoms with Crippen LogP contribution in [0.25, 0.3) is 0 Å². The predicted molar refractivity (Wildman–Crippen MR) is 375 cm³/mol. The van der Waals surface area contributed by atoms with Gasteiger partial charge in [0, 0.05) is 19.8 Å². The first-order valence-electron chi connectivity index (χ1n) is 38.7. The van der Waals surface area contributed by atoms with E-state index in [1.165, 1.54) is 205 Å². The normalized spacial score (nSPS) is 27.3. The zero-order chi connectivity index (χ0) is 71.8. The van der Waals surface area contributed by atoms with Crippen molar-refractivity contribution in [3.63, 3.8) is 0 Å². The van der Waals surface area contributed by atoms with Crippen molar-refractivity contribution in [1.82, 2.24) is 10.6 Å². The first-order chi connectivity index (χ1) is 47.4. The molecule has 2 amide bonds. The lowest BCUT2D eigenvalue weighted by Crippen LogP contribution is -2.70. The summed E-state index contributed by atoms with van der Waals surface area (Å²) in [6.45, 7) is 2.15. The van der Waals surface area contributed by atoms with Crippen LogP contribution in [0.5, 0.6) is 0 Å². The van der Waals surface area contributed by atoms with Crippen LogP contribution in [0.2, 0.25) is 0 Å². The molecule has 0 saturated carbocycles. The topological polar surface area (TPSA) is 373 Å². The fraction of sp³-hybridized carbons (Fsp3) is 0.907. The molecule has 0 aromatic carbocycles. The van der Waals surface area contributed by atoms with E-state index in [0.717, 1.165) is 51.9 Å². The van der Waals surface area contributed by atoms with Crippen LogP contribution in [0.3, 0.4) is 0 Å². The Morgan fingerprint density at radius 2 is 0.959 bits per heavy atom. The third-order valence-electron chi connectivity index (χ3n) is 19.6. The van der Waals surface area contributed by atoms with E-state index < -0.39 is 155 Å².